The highest BCUT2D eigenvalue weighted by Crippen LogP contribution is 2.19. The molecular formula is C11H20N2O5S. The summed E-state index contributed by atoms with van der Waals surface area (Å²) in [4.78, 5) is 23.1. The molecule has 1 rings (SSSR count). The van der Waals surface area contributed by atoms with E-state index >= 15 is 0 Å². The lowest BCUT2D eigenvalue weighted by Crippen LogP contribution is -2.52. The van der Waals surface area contributed by atoms with Crippen molar-refractivity contribution in [1.29, 1.82) is 0 Å². The van der Waals surface area contributed by atoms with Crippen LogP contribution in [0.4, 0.5) is 0 Å². The van der Waals surface area contributed by atoms with Gasteiger partial charge in [-0.25, -0.2) is 8.42 Å². The maximum Gasteiger partial charge on any atom is 0.325 e. The van der Waals surface area contributed by atoms with Crippen LogP contribution >= 0.6 is 0 Å². The molecule has 1 amide bonds. The zero-order valence-corrected chi connectivity index (χ0v) is 12.0. The number of piperidine rings is 1. The minimum absolute atomic E-state index is 0.235. The Morgan fingerprint density at radius 2 is 2.05 bits per heavy atom. The number of rotatable bonds is 5. The first-order valence-corrected chi connectivity index (χ1v) is 8.11. The Labute approximate surface area is 113 Å². The van der Waals surface area contributed by atoms with Gasteiger partial charge in [-0.2, -0.15) is 4.31 Å². The first kappa shape index (κ1) is 15.9. The van der Waals surface area contributed by atoms with Crippen LogP contribution < -0.4 is 5.32 Å². The van der Waals surface area contributed by atoms with Gasteiger partial charge in [0, 0.05) is 6.54 Å². The molecule has 0 aromatic heterocycles. The molecule has 1 heterocycles. The van der Waals surface area contributed by atoms with E-state index in [2.05, 4.69) is 10.1 Å². The maximum atomic E-state index is 11.9. The molecule has 8 heteroatoms. The Balaban J connectivity index is 2.60. The topological polar surface area (TPSA) is 92.8 Å². The molecule has 0 aromatic carbocycles. The molecule has 110 valence electrons. The second-order valence-electron chi connectivity index (χ2n) is 4.41. The van der Waals surface area contributed by atoms with Crippen LogP contribution in [0.5, 0.6) is 0 Å². The number of hydrogen-bond donors (Lipinski definition) is 1. The number of esters is 1. The Morgan fingerprint density at radius 3 is 2.63 bits per heavy atom. The van der Waals surface area contributed by atoms with E-state index in [1.165, 1.54) is 4.31 Å². The van der Waals surface area contributed by atoms with Crippen molar-refractivity contribution in [2.24, 2.45) is 0 Å². The fourth-order valence-electron chi connectivity index (χ4n) is 2.05. The minimum Gasteiger partial charge on any atom is -0.465 e. The van der Waals surface area contributed by atoms with Gasteiger partial charge >= 0.3 is 5.97 Å². The second kappa shape index (κ2) is 6.85. The van der Waals surface area contributed by atoms with E-state index in [1.807, 2.05) is 0 Å². The van der Waals surface area contributed by atoms with Gasteiger partial charge in [-0.05, 0) is 19.8 Å². The number of amides is 1. The molecule has 0 spiro atoms. The summed E-state index contributed by atoms with van der Waals surface area (Å²) < 4.78 is 29.1. The highest BCUT2D eigenvalue weighted by atomic mass is 32.2. The summed E-state index contributed by atoms with van der Waals surface area (Å²) in [6.45, 7) is 2.02. The van der Waals surface area contributed by atoms with E-state index < -0.39 is 27.9 Å². The summed E-state index contributed by atoms with van der Waals surface area (Å²) in [6, 6.07) is -0.724. The normalized spacial score (nSPS) is 20.8. The predicted octanol–water partition coefficient (Wildman–Crippen LogP) is -0.520. The molecular weight excluding hydrogens is 272 g/mol. The quantitative estimate of drug-likeness (QED) is 0.688. The van der Waals surface area contributed by atoms with Gasteiger partial charge in [-0.15, -0.1) is 0 Å². The van der Waals surface area contributed by atoms with Crippen LogP contribution in [0, 0.1) is 0 Å². The van der Waals surface area contributed by atoms with Crippen LogP contribution in [0.2, 0.25) is 0 Å². The summed E-state index contributed by atoms with van der Waals surface area (Å²) >= 11 is 0. The summed E-state index contributed by atoms with van der Waals surface area (Å²) in [7, 11) is -3.41. The molecule has 1 aliphatic rings. The molecule has 19 heavy (non-hydrogen) atoms. The molecule has 1 atom stereocenters. The SMILES string of the molecule is CCOC(=O)CNC(=O)C1CCCCN1S(C)(=O)=O. The van der Waals surface area contributed by atoms with Crippen molar-refractivity contribution >= 4 is 21.9 Å². The Kier molecular flexibility index (Phi) is 5.74. The fourth-order valence-corrected chi connectivity index (χ4v) is 3.18. The van der Waals surface area contributed by atoms with Gasteiger partial charge < -0.3 is 10.1 Å². The molecule has 0 radical (unpaired) electrons. The Morgan fingerprint density at radius 1 is 1.37 bits per heavy atom. The van der Waals surface area contributed by atoms with Crippen LogP contribution in [0.25, 0.3) is 0 Å². The summed E-state index contributed by atoms with van der Waals surface area (Å²) in [5, 5.41) is 2.42. The number of carbonyl (C=O) groups is 2. The van der Waals surface area contributed by atoms with E-state index in [0.717, 1.165) is 19.1 Å². The van der Waals surface area contributed by atoms with E-state index in [9.17, 15) is 18.0 Å². The minimum atomic E-state index is -3.41. The van der Waals surface area contributed by atoms with Gasteiger partial charge in [-0.1, -0.05) is 6.42 Å². The first-order valence-electron chi connectivity index (χ1n) is 6.26. The number of nitrogens with one attached hydrogen (secondary N) is 1. The molecule has 0 saturated carbocycles. The third-order valence-electron chi connectivity index (χ3n) is 2.89. The smallest absolute Gasteiger partial charge is 0.325 e. The van der Waals surface area contributed by atoms with Crippen LogP contribution in [0.3, 0.4) is 0 Å². The summed E-state index contributed by atoms with van der Waals surface area (Å²) in [6.07, 6.45) is 3.10. The average Bonchev–Trinajstić information content (AvgIpc) is 2.35. The van der Waals surface area contributed by atoms with Crippen molar-refractivity contribution in [2.45, 2.75) is 32.2 Å². The molecule has 1 saturated heterocycles. The van der Waals surface area contributed by atoms with Crippen LogP contribution in [-0.4, -0.2) is 56.6 Å². The van der Waals surface area contributed by atoms with Crippen LogP contribution in [0.15, 0.2) is 0 Å². The highest BCUT2D eigenvalue weighted by molar-refractivity contribution is 7.88. The lowest BCUT2D eigenvalue weighted by atomic mass is 10.0. The van der Waals surface area contributed by atoms with Gasteiger partial charge in [0.1, 0.15) is 12.6 Å². The third-order valence-corrected chi connectivity index (χ3v) is 4.18. The van der Waals surface area contributed by atoms with E-state index in [4.69, 9.17) is 0 Å². The summed E-state index contributed by atoms with van der Waals surface area (Å²) in [5.41, 5.74) is 0. The maximum absolute atomic E-state index is 11.9. The van der Waals surface area contributed by atoms with Crippen molar-refractivity contribution in [3.8, 4) is 0 Å². The molecule has 1 unspecified atom stereocenters. The van der Waals surface area contributed by atoms with Crippen LogP contribution in [0.1, 0.15) is 26.2 Å². The molecule has 7 nitrogen and oxygen atoms in total. The van der Waals surface area contributed by atoms with Gasteiger partial charge in [0.2, 0.25) is 15.9 Å². The van der Waals surface area contributed by atoms with Crippen molar-refractivity contribution in [3.63, 3.8) is 0 Å². The van der Waals surface area contributed by atoms with Crippen molar-refractivity contribution in [2.75, 3.05) is 26.0 Å². The predicted molar refractivity (Wildman–Crippen MR) is 68.8 cm³/mol. The molecule has 1 fully saturated rings. The highest BCUT2D eigenvalue weighted by Gasteiger charge is 2.34. The largest absolute Gasteiger partial charge is 0.465 e. The summed E-state index contributed by atoms with van der Waals surface area (Å²) in [5.74, 6) is -0.976. The molecule has 1 N–H and O–H groups in total. The number of sulfonamides is 1. The van der Waals surface area contributed by atoms with Gasteiger partial charge in [-0.3, -0.25) is 9.59 Å². The van der Waals surface area contributed by atoms with E-state index in [1.54, 1.807) is 6.92 Å². The molecule has 0 aromatic rings. The number of nitrogens with zero attached hydrogens (tertiary/aromatic N) is 1. The van der Waals surface area contributed by atoms with Gasteiger partial charge in [0.05, 0.1) is 12.9 Å². The number of ether oxygens (including phenoxy) is 1. The van der Waals surface area contributed by atoms with Gasteiger partial charge in [0.25, 0.3) is 0 Å². The van der Waals surface area contributed by atoms with Crippen molar-refractivity contribution < 1.29 is 22.7 Å². The van der Waals surface area contributed by atoms with E-state index in [0.29, 0.717) is 13.0 Å². The molecule has 1 aliphatic heterocycles. The Hall–Kier alpha value is -1.15. The lowest BCUT2D eigenvalue weighted by molar-refractivity contribution is -0.143. The van der Waals surface area contributed by atoms with Crippen LogP contribution in [-0.2, 0) is 24.3 Å². The molecule has 0 aliphatic carbocycles. The third kappa shape index (κ3) is 4.79. The van der Waals surface area contributed by atoms with Crippen molar-refractivity contribution in [3.05, 3.63) is 0 Å². The average molecular weight is 292 g/mol. The standard InChI is InChI=1S/C11H20N2O5S/c1-3-18-10(14)8-12-11(15)9-6-4-5-7-13(9)19(2,16)17/h9H,3-8H2,1-2H3,(H,12,15). The number of hydrogen-bond acceptors (Lipinski definition) is 5. The second-order valence-corrected chi connectivity index (χ2v) is 6.34. The van der Waals surface area contributed by atoms with E-state index in [-0.39, 0.29) is 13.2 Å². The number of carbonyl (C=O) groups excluding carboxylic acids is 2. The zero-order valence-electron chi connectivity index (χ0n) is 11.2. The first-order chi connectivity index (χ1) is 8.86. The monoisotopic (exact) mass is 292 g/mol. The lowest BCUT2D eigenvalue weighted by Gasteiger charge is -2.32. The molecule has 0 bridgehead atoms. The zero-order chi connectivity index (χ0) is 14.5. The van der Waals surface area contributed by atoms with Crippen molar-refractivity contribution in [1.82, 2.24) is 9.62 Å². The van der Waals surface area contributed by atoms with Gasteiger partial charge in [0.15, 0.2) is 0 Å². The fraction of sp³-hybridized carbons (Fsp3) is 0.818. The Bertz CT molecular complexity index is 434.